The van der Waals surface area contributed by atoms with Gasteiger partial charge in [-0.05, 0) is 48.5 Å². The Kier molecular flexibility index (Phi) is 3.41. The highest BCUT2D eigenvalue weighted by Crippen LogP contribution is 2.22. The van der Waals surface area contributed by atoms with Crippen molar-refractivity contribution in [1.82, 2.24) is 0 Å². The van der Waals surface area contributed by atoms with E-state index in [1.807, 2.05) is 6.07 Å². The summed E-state index contributed by atoms with van der Waals surface area (Å²) >= 11 is 4.11. The van der Waals surface area contributed by atoms with Gasteiger partial charge >= 0.3 is 0 Å². The lowest BCUT2D eigenvalue weighted by Crippen LogP contribution is -2.01. The first-order valence-electron chi connectivity index (χ1n) is 5.08. The number of rotatable bonds is 2. The molecule has 18 heavy (non-hydrogen) atoms. The van der Waals surface area contributed by atoms with E-state index >= 15 is 0 Å². The minimum atomic E-state index is -3.52. The van der Waals surface area contributed by atoms with Crippen LogP contribution < -0.4 is 0 Å². The molecule has 0 fully saturated rings. The monoisotopic (exact) mass is 275 g/mol. The molecule has 2 aromatic rings. The van der Waals surface area contributed by atoms with Gasteiger partial charge in [-0.25, -0.2) is 8.42 Å². The summed E-state index contributed by atoms with van der Waals surface area (Å²) in [6, 6.07) is 14.1. The highest BCUT2D eigenvalue weighted by molar-refractivity contribution is 7.91. The standard InChI is InChI=1S/C13H9NO2S2/c14-9-10-1-5-12(6-2-10)18(15,16)13-7-3-11(17)4-8-13/h1-8,17H. The fourth-order valence-electron chi connectivity index (χ4n) is 1.47. The molecule has 90 valence electrons. The number of benzene rings is 2. The third kappa shape index (κ3) is 2.40. The smallest absolute Gasteiger partial charge is 0.206 e. The maximum absolute atomic E-state index is 12.2. The predicted molar refractivity (Wildman–Crippen MR) is 70.3 cm³/mol. The Morgan fingerprint density at radius 3 is 1.78 bits per heavy atom. The van der Waals surface area contributed by atoms with Crippen LogP contribution in [-0.4, -0.2) is 8.42 Å². The fourth-order valence-corrected chi connectivity index (χ4v) is 2.88. The summed E-state index contributed by atoms with van der Waals surface area (Å²) in [7, 11) is -3.52. The summed E-state index contributed by atoms with van der Waals surface area (Å²) in [4.78, 5) is 1.09. The van der Waals surface area contributed by atoms with Crippen LogP contribution in [0.15, 0.2) is 63.2 Å². The molecule has 0 unspecified atom stereocenters. The van der Waals surface area contributed by atoms with E-state index < -0.39 is 9.84 Å². The molecule has 5 heteroatoms. The van der Waals surface area contributed by atoms with E-state index in [-0.39, 0.29) is 9.79 Å². The number of nitrogens with zero attached hydrogens (tertiary/aromatic N) is 1. The van der Waals surface area contributed by atoms with E-state index in [1.54, 1.807) is 12.1 Å². The Hall–Kier alpha value is -1.77. The van der Waals surface area contributed by atoms with E-state index in [2.05, 4.69) is 12.6 Å². The molecule has 0 aliphatic carbocycles. The van der Waals surface area contributed by atoms with Crippen LogP contribution in [0.3, 0.4) is 0 Å². The van der Waals surface area contributed by atoms with Crippen LogP contribution in [0.4, 0.5) is 0 Å². The lowest BCUT2D eigenvalue weighted by atomic mass is 10.2. The normalized spacial score (nSPS) is 10.9. The van der Waals surface area contributed by atoms with Crippen molar-refractivity contribution in [3.05, 3.63) is 54.1 Å². The molecule has 0 saturated heterocycles. The zero-order chi connectivity index (χ0) is 13.2. The summed E-state index contributed by atoms with van der Waals surface area (Å²) in [5, 5.41) is 8.67. The number of hydrogen-bond acceptors (Lipinski definition) is 4. The average Bonchev–Trinajstić information content (AvgIpc) is 2.39. The van der Waals surface area contributed by atoms with Crippen molar-refractivity contribution in [2.45, 2.75) is 14.7 Å². The van der Waals surface area contributed by atoms with Crippen molar-refractivity contribution in [3.63, 3.8) is 0 Å². The SMILES string of the molecule is N#Cc1ccc(S(=O)(=O)c2ccc(S)cc2)cc1. The quantitative estimate of drug-likeness (QED) is 0.857. The van der Waals surface area contributed by atoms with Gasteiger partial charge < -0.3 is 0 Å². The minimum Gasteiger partial charge on any atom is -0.219 e. The molecule has 2 aromatic carbocycles. The summed E-state index contributed by atoms with van der Waals surface area (Å²) in [6.07, 6.45) is 0. The van der Waals surface area contributed by atoms with Crippen LogP contribution >= 0.6 is 12.6 Å². The van der Waals surface area contributed by atoms with Gasteiger partial charge in [0.05, 0.1) is 21.4 Å². The van der Waals surface area contributed by atoms with Crippen LogP contribution in [0.2, 0.25) is 0 Å². The number of thiol groups is 1. The molecule has 0 heterocycles. The van der Waals surface area contributed by atoms with E-state index in [4.69, 9.17) is 5.26 Å². The van der Waals surface area contributed by atoms with Crippen LogP contribution in [0.1, 0.15) is 5.56 Å². The predicted octanol–water partition coefficient (Wildman–Crippen LogP) is 2.68. The summed E-state index contributed by atoms with van der Waals surface area (Å²) in [5.41, 5.74) is 0.430. The first kappa shape index (κ1) is 12.7. The van der Waals surface area contributed by atoms with Crippen LogP contribution in [0, 0.1) is 11.3 Å². The molecule has 0 aliphatic rings. The van der Waals surface area contributed by atoms with Gasteiger partial charge in [0.15, 0.2) is 0 Å². The lowest BCUT2D eigenvalue weighted by Gasteiger charge is -2.04. The van der Waals surface area contributed by atoms with Crippen molar-refractivity contribution in [2.75, 3.05) is 0 Å². The average molecular weight is 275 g/mol. The topological polar surface area (TPSA) is 57.9 Å². The minimum absolute atomic E-state index is 0.174. The molecule has 0 amide bonds. The molecule has 0 saturated carbocycles. The highest BCUT2D eigenvalue weighted by atomic mass is 32.2. The Morgan fingerprint density at radius 2 is 1.33 bits per heavy atom. The molecular weight excluding hydrogens is 266 g/mol. The Morgan fingerprint density at radius 1 is 0.889 bits per heavy atom. The van der Waals surface area contributed by atoms with Crippen LogP contribution in [0.25, 0.3) is 0 Å². The second kappa shape index (κ2) is 4.84. The number of hydrogen-bond donors (Lipinski definition) is 1. The Labute approximate surface area is 111 Å². The molecule has 0 radical (unpaired) electrons. The van der Waals surface area contributed by atoms with E-state index in [1.165, 1.54) is 36.4 Å². The molecule has 0 aliphatic heterocycles. The number of sulfone groups is 1. The fraction of sp³-hybridized carbons (Fsp3) is 0. The van der Waals surface area contributed by atoms with Crippen LogP contribution in [0.5, 0.6) is 0 Å². The van der Waals surface area contributed by atoms with Gasteiger partial charge in [0.2, 0.25) is 9.84 Å². The zero-order valence-electron chi connectivity index (χ0n) is 9.24. The van der Waals surface area contributed by atoms with Gasteiger partial charge in [-0.1, -0.05) is 0 Å². The maximum atomic E-state index is 12.2. The zero-order valence-corrected chi connectivity index (χ0v) is 10.9. The van der Waals surface area contributed by atoms with E-state index in [9.17, 15) is 8.42 Å². The van der Waals surface area contributed by atoms with E-state index in [0.717, 1.165) is 0 Å². The van der Waals surface area contributed by atoms with Crippen molar-refractivity contribution in [2.24, 2.45) is 0 Å². The highest BCUT2D eigenvalue weighted by Gasteiger charge is 2.16. The van der Waals surface area contributed by atoms with Gasteiger partial charge in [0.25, 0.3) is 0 Å². The largest absolute Gasteiger partial charge is 0.219 e. The van der Waals surface area contributed by atoms with Crippen molar-refractivity contribution >= 4 is 22.5 Å². The second-order valence-corrected chi connectivity index (χ2v) is 6.10. The lowest BCUT2D eigenvalue weighted by molar-refractivity contribution is 0.596. The molecule has 0 N–H and O–H groups in total. The molecule has 0 bridgehead atoms. The van der Waals surface area contributed by atoms with Crippen molar-refractivity contribution < 1.29 is 8.42 Å². The van der Waals surface area contributed by atoms with Crippen molar-refractivity contribution in [1.29, 1.82) is 5.26 Å². The van der Waals surface area contributed by atoms with Crippen LogP contribution in [-0.2, 0) is 9.84 Å². The van der Waals surface area contributed by atoms with Gasteiger partial charge in [-0.2, -0.15) is 5.26 Å². The first-order valence-corrected chi connectivity index (χ1v) is 7.01. The molecular formula is C13H9NO2S2. The molecule has 0 spiro atoms. The third-order valence-corrected chi connectivity index (χ3v) is 4.52. The van der Waals surface area contributed by atoms with Gasteiger partial charge in [0, 0.05) is 4.90 Å². The first-order chi connectivity index (χ1) is 8.54. The second-order valence-electron chi connectivity index (χ2n) is 3.63. The molecule has 2 rings (SSSR count). The summed E-state index contributed by atoms with van der Waals surface area (Å²) < 4.78 is 24.5. The van der Waals surface area contributed by atoms with Crippen molar-refractivity contribution in [3.8, 4) is 6.07 Å². The van der Waals surface area contributed by atoms with Gasteiger partial charge in [-0.3, -0.25) is 0 Å². The van der Waals surface area contributed by atoms with Gasteiger partial charge in [0.1, 0.15) is 0 Å². The summed E-state index contributed by atoms with van der Waals surface area (Å²) in [6.45, 7) is 0. The Balaban J connectivity index is 2.48. The third-order valence-electron chi connectivity index (χ3n) is 2.44. The molecule has 0 atom stereocenters. The number of nitriles is 1. The summed E-state index contributed by atoms with van der Waals surface area (Å²) in [5.74, 6) is 0. The van der Waals surface area contributed by atoms with E-state index in [0.29, 0.717) is 10.5 Å². The maximum Gasteiger partial charge on any atom is 0.206 e. The van der Waals surface area contributed by atoms with Gasteiger partial charge in [-0.15, -0.1) is 12.6 Å². The molecule has 3 nitrogen and oxygen atoms in total. The Bertz CT molecular complexity index is 696. The molecule has 0 aromatic heterocycles.